The molecule has 0 spiro atoms. The summed E-state index contributed by atoms with van der Waals surface area (Å²) in [5.74, 6) is 0. The van der Waals surface area contributed by atoms with Crippen molar-refractivity contribution in [3.05, 3.63) is 71.8 Å². The van der Waals surface area contributed by atoms with Crippen LogP contribution in [0.4, 0.5) is 0 Å². The summed E-state index contributed by atoms with van der Waals surface area (Å²) in [6.45, 7) is 5.90. The molecule has 2 heteroatoms. The number of nitrogens with one attached hydrogen (secondary N) is 1. The van der Waals surface area contributed by atoms with Gasteiger partial charge in [0.2, 0.25) is 0 Å². The Labute approximate surface area is 146 Å². The highest BCUT2D eigenvalue weighted by Gasteiger charge is 2.21. The van der Waals surface area contributed by atoms with Crippen molar-refractivity contribution >= 4 is 0 Å². The largest absolute Gasteiger partial charge is 0.307 e. The lowest BCUT2D eigenvalue weighted by atomic mass is 9.99. The predicted octanol–water partition coefficient (Wildman–Crippen LogP) is 4.43. The Morgan fingerprint density at radius 2 is 1.58 bits per heavy atom. The fraction of sp³-hybridized carbons (Fsp3) is 0.455. The summed E-state index contributed by atoms with van der Waals surface area (Å²) in [4.78, 5) is 2.62. The van der Waals surface area contributed by atoms with Crippen LogP contribution in [0.3, 0.4) is 0 Å². The van der Waals surface area contributed by atoms with Gasteiger partial charge in [-0.15, -0.1) is 0 Å². The van der Waals surface area contributed by atoms with Gasteiger partial charge in [-0.1, -0.05) is 67.6 Å². The second-order valence-electron chi connectivity index (χ2n) is 6.89. The lowest BCUT2D eigenvalue weighted by Gasteiger charge is -2.34. The molecule has 2 aromatic carbocycles. The molecular weight excluding hydrogens is 292 g/mol. The number of hydrogen-bond donors (Lipinski definition) is 1. The summed E-state index contributed by atoms with van der Waals surface area (Å²) < 4.78 is 0. The molecule has 1 unspecified atom stereocenters. The number of benzene rings is 2. The van der Waals surface area contributed by atoms with Gasteiger partial charge in [-0.25, -0.2) is 0 Å². The van der Waals surface area contributed by atoms with E-state index in [1.165, 1.54) is 50.0 Å². The van der Waals surface area contributed by atoms with Crippen LogP contribution in [-0.2, 0) is 6.42 Å². The summed E-state index contributed by atoms with van der Waals surface area (Å²) in [5, 5.41) is 3.89. The second-order valence-corrected chi connectivity index (χ2v) is 6.89. The molecule has 0 amide bonds. The molecule has 1 fully saturated rings. The standard InChI is InChI=1S/C22H30N2/c1-2-22(20-11-7-4-8-12-20)23-21-14-17-24(18-15-21)16-13-19-9-5-3-6-10-19/h3-12,21-23H,2,13-18H2,1H3. The molecule has 0 saturated carbocycles. The van der Waals surface area contributed by atoms with Gasteiger partial charge in [0.15, 0.2) is 0 Å². The minimum Gasteiger partial charge on any atom is -0.307 e. The summed E-state index contributed by atoms with van der Waals surface area (Å²) in [6.07, 6.45) is 4.84. The van der Waals surface area contributed by atoms with Crippen LogP contribution in [0.15, 0.2) is 60.7 Å². The fourth-order valence-electron chi connectivity index (χ4n) is 3.67. The Bertz CT molecular complexity index is 573. The van der Waals surface area contributed by atoms with E-state index in [0.29, 0.717) is 12.1 Å². The summed E-state index contributed by atoms with van der Waals surface area (Å²) in [7, 11) is 0. The molecule has 3 rings (SSSR count). The normalized spacial score (nSPS) is 17.7. The zero-order valence-corrected chi connectivity index (χ0v) is 14.8. The quantitative estimate of drug-likeness (QED) is 0.811. The van der Waals surface area contributed by atoms with E-state index in [1.54, 1.807) is 0 Å². The van der Waals surface area contributed by atoms with E-state index in [0.717, 1.165) is 6.42 Å². The van der Waals surface area contributed by atoms with Crippen LogP contribution >= 0.6 is 0 Å². The topological polar surface area (TPSA) is 15.3 Å². The SMILES string of the molecule is CCC(NC1CCN(CCc2ccccc2)CC1)c1ccccc1. The molecule has 0 aromatic heterocycles. The molecule has 1 saturated heterocycles. The van der Waals surface area contributed by atoms with Gasteiger partial charge in [-0.05, 0) is 49.9 Å². The van der Waals surface area contributed by atoms with Crippen molar-refractivity contribution in [1.29, 1.82) is 0 Å². The van der Waals surface area contributed by atoms with Gasteiger partial charge < -0.3 is 10.2 Å². The molecule has 1 heterocycles. The van der Waals surface area contributed by atoms with Crippen molar-refractivity contribution in [2.24, 2.45) is 0 Å². The van der Waals surface area contributed by atoms with Crippen molar-refractivity contribution in [2.45, 2.75) is 44.7 Å². The molecule has 24 heavy (non-hydrogen) atoms. The molecule has 128 valence electrons. The molecule has 2 nitrogen and oxygen atoms in total. The molecule has 1 aliphatic heterocycles. The number of nitrogens with zero attached hydrogens (tertiary/aromatic N) is 1. The van der Waals surface area contributed by atoms with Crippen LogP contribution in [0, 0.1) is 0 Å². The van der Waals surface area contributed by atoms with E-state index in [2.05, 4.69) is 77.8 Å². The molecular formula is C22H30N2. The fourth-order valence-corrected chi connectivity index (χ4v) is 3.67. The third kappa shape index (κ3) is 4.93. The van der Waals surface area contributed by atoms with E-state index in [9.17, 15) is 0 Å². The summed E-state index contributed by atoms with van der Waals surface area (Å²) >= 11 is 0. The van der Waals surface area contributed by atoms with E-state index in [-0.39, 0.29) is 0 Å². The first kappa shape index (κ1) is 17.2. The highest BCUT2D eigenvalue weighted by Crippen LogP contribution is 2.20. The van der Waals surface area contributed by atoms with Crippen molar-refractivity contribution in [2.75, 3.05) is 19.6 Å². The average molecular weight is 322 g/mol. The minimum atomic E-state index is 0.493. The van der Waals surface area contributed by atoms with E-state index in [4.69, 9.17) is 0 Å². The third-order valence-corrected chi connectivity index (χ3v) is 5.19. The van der Waals surface area contributed by atoms with Gasteiger partial charge in [0.1, 0.15) is 0 Å². The molecule has 0 aliphatic carbocycles. The molecule has 1 N–H and O–H groups in total. The summed E-state index contributed by atoms with van der Waals surface area (Å²) in [5.41, 5.74) is 2.87. The van der Waals surface area contributed by atoms with E-state index >= 15 is 0 Å². The first-order valence-corrected chi connectivity index (χ1v) is 9.42. The van der Waals surface area contributed by atoms with Gasteiger partial charge in [0.25, 0.3) is 0 Å². The Kier molecular flexibility index (Phi) is 6.45. The second kappa shape index (κ2) is 9.00. The van der Waals surface area contributed by atoms with E-state index < -0.39 is 0 Å². The van der Waals surface area contributed by atoms with Gasteiger partial charge >= 0.3 is 0 Å². The van der Waals surface area contributed by atoms with Crippen LogP contribution in [0.1, 0.15) is 43.4 Å². The monoisotopic (exact) mass is 322 g/mol. The molecule has 1 atom stereocenters. The third-order valence-electron chi connectivity index (χ3n) is 5.19. The van der Waals surface area contributed by atoms with Crippen LogP contribution in [0.25, 0.3) is 0 Å². The summed E-state index contributed by atoms with van der Waals surface area (Å²) in [6, 6.07) is 22.9. The smallest absolute Gasteiger partial charge is 0.0320 e. The number of hydrogen-bond acceptors (Lipinski definition) is 2. The minimum absolute atomic E-state index is 0.493. The Hall–Kier alpha value is -1.64. The van der Waals surface area contributed by atoms with Crippen molar-refractivity contribution in [3.63, 3.8) is 0 Å². The predicted molar refractivity (Wildman–Crippen MR) is 102 cm³/mol. The van der Waals surface area contributed by atoms with E-state index in [1.807, 2.05) is 0 Å². The van der Waals surface area contributed by atoms with Gasteiger partial charge in [-0.2, -0.15) is 0 Å². The number of likely N-dealkylation sites (tertiary alicyclic amines) is 1. The Balaban J connectivity index is 1.43. The number of piperidine rings is 1. The van der Waals surface area contributed by atoms with Crippen LogP contribution in [-0.4, -0.2) is 30.6 Å². The first-order valence-electron chi connectivity index (χ1n) is 9.42. The average Bonchev–Trinajstić information content (AvgIpc) is 2.67. The maximum absolute atomic E-state index is 3.89. The molecule has 0 radical (unpaired) electrons. The van der Waals surface area contributed by atoms with Gasteiger partial charge in [0.05, 0.1) is 0 Å². The lowest BCUT2D eigenvalue weighted by molar-refractivity contribution is 0.192. The first-order chi connectivity index (χ1) is 11.8. The Morgan fingerprint density at radius 3 is 2.21 bits per heavy atom. The van der Waals surface area contributed by atoms with Crippen molar-refractivity contribution in [3.8, 4) is 0 Å². The van der Waals surface area contributed by atoms with Crippen molar-refractivity contribution < 1.29 is 0 Å². The van der Waals surface area contributed by atoms with Gasteiger partial charge in [0, 0.05) is 18.6 Å². The highest BCUT2D eigenvalue weighted by atomic mass is 15.1. The zero-order chi connectivity index (χ0) is 16.6. The number of rotatable bonds is 7. The molecule has 0 bridgehead atoms. The van der Waals surface area contributed by atoms with Gasteiger partial charge in [-0.3, -0.25) is 0 Å². The zero-order valence-electron chi connectivity index (χ0n) is 14.8. The Morgan fingerprint density at radius 1 is 0.958 bits per heavy atom. The van der Waals surface area contributed by atoms with Crippen LogP contribution < -0.4 is 5.32 Å². The van der Waals surface area contributed by atoms with Crippen molar-refractivity contribution in [1.82, 2.24) is 10.2 Å². The molecule has 2 aromatic rings. The maximum atomic E-state index is 3.89. The highest BCUT2D eigenvalue weighted by molar-refractivity contribution is 5.19. The lowest BCUT2D eigenvalue weighted by Crippen LogP contribution is -2.44. The van der Waals surface area contributed by atoms with Crippen LogP contribution in [0.2, 0.25) is 0 Å². The molecule has 1 aliphatic rings. The van der Waals surface area contributed by atoms with Crippen LogP contribution in [0.5, 0.6) is 0 Å². The maximum Gasteiger partial charge on any atom is 0.0320 e.